The lowest BCUT2D eigenvalue weighted by Crippen LogP contribution is -2.29. The summed E-state index contributed by atoms with van der Waals surface area (Å²) in [6.45, 7) is 1.46. The number of fused-ring (bicyclic) bond motifs is 1. The van der Waals surface area contributed by atoms with Gasteiger partial charge in [-0.25, -0.2) is 4.98 Å². The highest BCUT2D eigenvalue weighted by Gasteiger charge is 2.42. The number of hydrogen-bond acceptors (Lipinski definition) is 7. The summed E-state index contributed by atoms with van der Waals surface area (Å²) < 4.78 is 42.9. The van der Waals surface area contributed by atoms with Gasteiger partial charge in [-0.15, -0.1) is 0 Å². The van der Waals surface area contributed by atoms with Crippen molar-refractivity contribution in [3.05, 3.63) is 58.5 Å². The lowest BCUT2D eigenvalue weighted by atomic mass is 10.0. The summed E-state index contributed by atoms with van der Waals surface area (Å²) in [5.41, 5.74) is 6.11. The van der Waals surface area contributed by atoms with E-state index in [1.54, 1.807) is 30.3 Å². The third-order valence-electron chi connectivity index (χ3n) is 4.40. The molecule has 0 saturated heterocycles. The SMILES string of the molecule is Cc1nc(-c2nc(C(F)(F)F)no2)c(N)c2c1C(=O)N(Cc1ccccc1)C2=O. The number of anilines is 1. The molecule has 0 spiro atoms. The number of rotatable bonds is 3. The standard InChI is InChI=1S/C18H12F3N5O3/c1-8-10-11(16(28)26(15(10)27)7-9-5-3-2-4-6-9)12(22)13(23-8)14-24-17(25-29-14)18(19,20)21/h2-6H,7,22H2,1H3. The number of pyridine rings is 1. The van der Waals surface area contributed by atoms with Crippen molar-refractivity contribution >= 4 is 17.5 Å². The molecule has 0 saturated carbocycles. The van der Waals surface area contributed by atoms with Crippen LogP contribution in [0.3, 0.4) is 0 Å². The summed E-state index contributed by atoms with van der Waals surface area (Å²) >= 11 is 0. The maximum absolute atomic E-state index is 12.9. The van der Waals surface area contributed by atoms with Gasteiger partial charge in [0.15, 0.2) is 5.69 Å². The summed E-state index contributed by atoms with van der Waals surface area (Å²) in [5, 5.41) is 2.86. The molecule has 3 heterocycles. The maximum atomic E-state index is 12.9. The Hall–Kier alpha value is -3.76. The number of carbonyl (C=O) groups excluding carboxylic acids is 2. The van der Waals surface area contributed by atoms with Gasteiger partial charge in [-0.1, -0.05) is 35.5 Å². The molecular weight excluding hydrogens is 391 g/mol. The number of hydrogen-bond donors (Lipinski definition) is 1. The van der Waals surface area contributed by atoms with Crippen LogP contribution in [0.4, 0.5) is 18.9 Å². The third kappa shape index (κ3) is 3.00. The van der Waals surface area contributed by atoms with E-state index in [0.29, 0.717) is 0 Å². The summed E-state index contributed by atoms with van der Waals surface area (Å²) in [4.78, 5) is 34.0. The van der Waals surface area contributed by atoms with Gasteiger partial charge >= 0.3 is 6.18 Å². The van der Waals surface area contributed by atoms with E-state index in [0.717, 1.165) is 10.5 Å². The molecule has 2 N–H and O–H groups in total. The Balaban J connectivity index is 1.77. The van der Waals surface area contributed by atoms with Crippen molar-refractivity contribution in [3.63, 3.8) is 0 Å². The van der Waals surface area contributed by atoms with Gasteiger partial charge in [0.1, 0.15) is 0 Å². The minimum absolute atomic E-state index is 0.00254. The molecule has 8 nitrogen and oxygen atoms in total. The number of benzene rings is 1. The van der Waals surface area contributed by atoms with Crippen molar-refractivity contribution in [2.75, 3.05) is 5.73 Å². The highest BCUT2D eigenvalue weighted by atomic mass is 19.4. The molecule has 2 amide bonds. The Kier molecular flexibility index (Phi) is 4.10. The van der Waals surface area contributed by atoms with Crippen LogP contribution in [0.1, 0.15) is 37.8 Å². The van der Waals surface area contributed by atoms with Gasteiger partial charge in [-0.2, -0.15) is 18.2 Å². The number of carbonyl (C=O) groups is 2. The first-order chi connectivity index (χ1) is 13.7. The van der Waals surface area contributed by atoms with Crippen molar-refractivity contribution < 1.29 is 27.3 Å². The lowest BCUT2D eigenvalue weighted by molar-refractivity contribution is -0.146. The Morgan fingerprint density at radius 3 is 2.34 bits per heavy atom. The second-order valence-electron chi connectivity index (χ2n) is 6.31. The van der Waals surface area contributed by atoms with Crippen LogP contribution in [0.2, 0.25) is 0 Å². The predicted molar refractivity (Wildman–Crippen MR) is 92.3 cm³/mol. The Morgan fingerprint density at radius 2 is 1.72 bits per heavy atom. The third-order valence-corrected chi connectivity index (χ3v) is 4.40. The number of imide groups is 1. The average molecular weight is 403 g/mol. The Morgan fingerprint density at radius 1 is 1.07 bits per heavy atom. The molecule has 1 aliphatic rings. The van der Waals surface area contributed by atoms with E-state index in [1.807, 2.05) is 0 Å². The van der Waals surface area contributed by atoms with Crippen molar-refractivity contribution in [3.8, 4) is 11.6 Å². The molecule has 0 aliphatic carbocycles. The van der Waals surface area contributed by atoms with Gasteiger partial charge in [-0.3, -0.25) is 14.5 Å². The van der Waals surface area contributed by atoms with E-state index in [4.69, 9.17) is 5.73 Å². The summed E-state index contributed by atoms with van der Waals surface area (Å²) in [6.07, 6.45) is -4.82. The molecule has 0 atom stereocenters. The van der Waals surface area contributed by atoms with Crippen LogP contribution in [-0.4, -0.2) is 31.8 Å². The van der Waals surface area contributed by atoms with Gasteiger partial charge < -0.3 is 10.3 Å². The molecule has 0 radical (unpaired) electrons. The van der Waals surface area contributed by atoms with Crippen LogP contribution < -0.4 is 5.73 Å². The molecule has 11 heteroatoms. The van der Waals surface area contributed by atoms with Crippen molar-refractivity contribution in [1.29, 1.82) is 0 Å². The smallest absolute Gasteiger partial charge is 0.396 e. The van der Waals surface area contributed by atoms with Crippen LogP contribution in [0.5, 0.6) is 0 Å². The fourth-order valence-electron chi connectivity index (χ4n) is 3.07. The van der Waals surface area contributed by atoms with E-state index in [9.17, 15) is 22.8 Å². The van der Waals surface area contributed by atoms with Crippen LogP contribution in [0.25, 0.3) is 11.6 Å². The van der Waals surface area contributed by atoms with E-state index >= 15 is 0 Å². The summed E-state index contributed by atoms with van der Waals surface area (Å²) in [7, 11) is 0. The first kappa shape index (κ1) is 18.6. The highest BCUT2D eigenvalue weighted by Crippen LogP contribution is 2.37. The monoisotopic (exact) mass is 403 g/mol. The molecule has 0 unspecified atom stereocenters. The first-order valence-electron chi connectivity index (χ1n) is 8.30. The zero-order valence-electron chi connectivity index (χ0n) is 14.8. The summed E-state index contributed by atoms with van der Waals surface area (Å²) in [5.74, 6) is -3.35. The number of amides is 2. The number of aryl methyl sites for hydroxylation is 1. The molecule has 3 aromatic rings. The number of nitrogens with two attached hydrogens (primary N) is 1. The van der Waals surface area contributed by atoms with E-state index in [2.05, 4.69) is 19.6 Å². The highest BCUT2D eigenvalue weighted by molar-refractivity contribution is 6.24. The fourth-order valence-corrected chi connectivity index (χ4v) is 3.07. The molecule has 148 valence electrons. The second-order valence-corrected chi connectivity index (χ2v) is 6.31. The molecular formula is C18H12F3N5O3. The quantitative estimate of drug-likeness (QED) is 0.669. The van der Waals surface area contributed by atoms with Crippen molar-refractivity contribution in [2.45, 2.75) is 19.6 Å². The van der Waals surface area contributed by atoms with Gasteiger partial charge in [0.2, 0.25) is 0 Å². The second kappa shape index (κ2) is 6.40. The minimum atomic E-state index is -4.82. The van der Waals surface area contributed by atoms with Crippen molar-refractivity contribution in [2.24, 2.45) is 0 Å². The van der Waals surface area contributed by atoms with Crippen LogP contribution in [0.15, 0.2) is 34.9 Å². The lowest BCUT2D eigenvalue weighted by Gasteiger charge is -2.13. The van der Waals surface area contributed by atoms with E-state index < -0.39 is 29.7 Å². The molecule has 0 bridgehead atoms. The Bertz CT molecular complexity index is 1140. The van der Waals surface area contributed by atoms with Crippen molar-refractivity contribution in [1.82, 2.24) is 20.0 Å². The van der Waals surface area contributed by atoms with Crippen LogP contribution in [0, 0.1) is 6.92 Å². The van der Waals surface area contributed by atoms with Crippen LogP contribution in [-0.2, 0) is 12.7 Å². The van der Waals surface area contributed by atoms with Gasteiger partial charge in [0.05, 0.1) is 29.1 Å². The molecule has 29 heavy (non-hydrogen) atoms. The number of alkyl halides is 3. The maximum Gasteiger partial charge on any atom is 0.455 e. The molecule has 4 rings (SSSR count). The van der Waals surface area contributed by atoms with Gasteiger partial charge in [0, 0.05) is 0 Å². The summed E-state index contributed by atoms with van der Waals surface area (Å²) in [6, 6.07) is 8.83. The number of halogens is 3. The van der Waals surface area contributed by atoms with E-state index in [1.165, 1.54) is 6.92 Å². The molecule has 0 fully saturated rings. The first-order valence-corrected chi connectivity index (χ1v) is 8.30. The average Bonchev–Trinajstić information content (AvgIpc) is 3.25. The van der Waals surface area contributed by atoms with E-state index in [-0.39, 0.29) is 34.7 Å². The molecule has 2 aromatic heterocycles. The number of nitrogens with zero attached hydrogens (tertiary/aromatic N) is 4. The largest absolute Gasteiger partial charge is 0.455 e. The molecule has 1 aliphatic heterocycles. The van der Waals surface area contributed by atoms with Gasteiger partial charge in [-0.05, 0) is 12.5 Å². The zero-order valence-corrected chi connectivity index (χ0v) is 14.8. The number of nitrogen functional groups attached to an aromatic ring is 1. The fraction of sp³-hybridized carbons (Fsp3) is 0.167. The van der Waals surface area contributed by atoms with Crippen LogP contribution >= 0.6 is 0 Å². The molecule has 1 aromatic carbocycles. The number of aromatic nitrogens is 3. The zero-order chi connectivity index (χ0) is 20.9. The Labute approximate surface area is 161 Å². The van der Waals surface area contributed by atoms with Gasteiger partial charge in [0.25, 0.3) is 23.5 Å². The topological polar surface area (TPSA) is 115 Å². The predicted octanol–water partition coefficient (Wildman–Crippen LogP) is 2.84. The normalized spacial score (nSPS) is 13.9. The minimum Gasteiger partial charge on any atom is -0.396 e.